The molecule has 0 aliphatic heterocycles. The van der Waals surface area contributed by atoms with Crippen LogP contribution in [0.25, 0.3) is 11.1 Å². The van der Waals surface area contributed by atoms with Crippen molar-refractivity contribution in [2.75, 3.05) is 0 Å². The molecule has 1 fully saturated rings. The third kappa shape index (κ3) is 3.77. The molecule has 0 spiro atoms. The van der Waals surface area contributed by atoms with Crippen molar-refractivity contribution in [3.8, 4) is 11.1 Å². The number of ketones is 2. The molecule has 1 aliphatic rings. The van der Waals surface area contributed by atoms with Crippen molar-refractivity contribution in [2.45, 2.75) is 39.5 Å². The number of hydrogen-bond acceptors (Lipinski definition) is 3. The average molecular weight is 383 g/mol. The Balaban J connectivity index is 1.64. The third-order valence-corrected chi connectivity index (χ3v) is 5.91. The molecule has 1 heterocycles. The Morgan fingerprint density at radius 3 is 2.21 bits per heavy atom. The highest BCUT2D eigenvalue weighted by atomic mass is 16.2. The number of pyridine rings is 1. The van der Waals surface area contributed by atoms with Crippen molar-refractivity contribution in [3.05, 3.63) is 88.7 Å². The number of benzene rings is 2. The molecule has 0 saturated heterocycles. The molecule has 0 radical (unpaired) electrons. The van der Waals surface area contributed by atoms with Crippen LogP contribution < -0.4 is 0 Å². The fourth-order valence-corrected chi connectivity index (χ4v) is 4.45. The Hall–Kier alpha value is -3.07. The monoisotopic (exact) mass is 383 g/mol. The van der Waals surface area contributed by atoms with Gasteiger partial charge in [0, 0.05) is 24.2 Å². The van der Waals surface area contributed by atoms with E-state index < -0.39 is 5.92 Å². The largest absolute Gasteiger partial charge is 0.298 e. The van der Waals surface area contributed by atoms with Gasteiger partial charge in [-0.25, -0.2) is 0 Å². The maximum absolute atomic E-state index is 13.2. The highest BCUT2D eigenvalue weighted by molar-refractivity contribution is 6.15. The predicted molar refractivity (Wildman–Crippen MR) is 115 cm³/mol. The molecule has 1 aromatic heterocycles. The van der Waals surface area contributed by atoms with Gasteiger partial charge in [-0.2, -0.15) is 0 Å². The van der Waals surface area contributed by atoms with Crippen LogP contribution in [0.5, 0.6) is 0 Å². The van der Waals surface area contributed by atoms with E-state index in [1.807, 2.05) is 32.0 Å². The number of carbonyl (C=O) groups excluding carboxylic acids is 2. The van der Waals surface area contributed by atoms with Gasteiger partial charge in [0.25, 0.3) is 0 Å². The number of rotatable bonds is 4. The number of Topliss-reactive ketones (excluding diaryl/α,β-unsaturated/α-hetero) is 2. The van der Waals surface area contributed by atoms with E-state index in [0.717, 1.165) is 33.5 Å². The smallest absolute Gasteiger partial charge is 0.151 e. The first kappa shape index (κ1) is 19.3. The van der Waals surface area contributed by atoms with E-state index in [1.165, 1.54) is 5.56 Å². The molecule has 3 nitrogen and oxygen atoms in total. The maximum Gasteiger partial charge on any atom is 0.151 e. The lowest BCUT2D eigenvalue weighted by atomic mass is 9.85. The summed E-state index contributed by atoms with van der Waals surface area (Å²) >= 11 is 0. The zero-order valence-corrected chi connectivity index (χ0v) is 17.1. The zero-order chi connectivity index (χ0) is 20.5. The minimum atomic E-state index is -0.643. The quantitative estimate of drug-likeness (QED) is 0.585. The molecule has 4 rings (SSSR count). The molecule has 3 heteroatoms. The highest BCUT2D eigenvalue weighted by Crippen LogP contribution is 2.38. The fourth-order valence-electron chi connectivity index (χ4n) is 4.45. The lowest BCUT2D eigenvalue weighted by Crippen LogP contribution is -2.19. The van der Waals surface area contributed by atoms with Crippen LogP contribution in [0.1, 0.15) is 40.3 Å². The van der Waals surface area contributed by atoms with Crippen molar-refractivity contribution < 1.29 is 9.59 Å². The molecular weight excluding hydrogens is 358 g/mol. The van der Waals surface area contributed by atoms with Crippen molar-refractivity contribution in [2.24, 2.45) is 5.92 Å². The van der Waals surface area contributed by atoms with E-state index in [9.17, 15) is 9.59 Å². The molecule has 2 unspecified atom stereocenters. The van der Waals surface area contributed by atoms with Gasteiger partial charge in [-0.05, 0) is 67.1 Å². The van der Waals surface area contributed by atoms with Crippen molar-refractivity contribution in [1.29, 1.82) is 0 Å². The summed E-state index contributed by atoms with van der Waals surface area (Å²) in [4.78, 5) is 30.3. The summed E-state index contributed by atoms with van der Waals surface area (Å²) in [7, 11) is 0. The van der Waals surface area contributed by atoms with Crippen molar-refractivity contribution in [1.82, 2.24) is 4.98 Å². The van der Waals surface area contributed by atoms with Gasteiger partial charge >= 0.3 is 0 Å². The minimum Gasteiger partial charge on any atom is -0.298 e. The van der Waals surface area contributed by atoms with Gasteiger partial charge in [0.15, 0.2) is 5.78 Å². The minimum absolute atomic E-state index is 0.0326. The fraction of sp³-hybridized carbons (Fsp3) is 0.269. The van der Waals surface area contributed by atoms with E-state index in [1.54, 1.807) is 6.20 Å². The zero-order valence-electron chi connectivity index (χ0n) is 17.1. The first-order valence-corrected chi connectivity index (χ1v) is 10.1. The molecule has 0 bridgehead atoms. The second kappa shape index (κ2) is 7.75. The van der Waals surface area contributed by atoms with E-state index in [2.05, 4.69) is 48.3 Å². The second-order valence-corrected chi connectivity index (χ2v) is 8.12. The molecule has 1 aliphatic carbocycles. The van der Waals surface area contributed by atoms with Crippen LogP contribution in [0.2, 0.25) is 0 Å². The van der Waals surface area contributed by atoms with Gasteiger partial charge < -0.3 is 0 Å². The SMILES string of the molecule is Cc1ccc(-c2cc(C)c(C3C(=O)CC(Cc4ccccn4)C3=O)c(C)c2)cc1. The van der Waals surface area contributed by atoms with Crippen LogP contribution >= 0.6 is 0 Å². The van der Waals surface area contributed by atoms with E-state index >= 15 is 0 Å². The number of aromatic nitrogens is 1. The lowest BCUT2D eigenvalue weighted by Gasteiger charge is -2.17. The van der Waals surface area contributed by atoms with Gasteiger partial charge in [-0.3, -0.25) is 14.6 Å². The van der Waals surface area contributed by atoms with Gasteiger partial charge in [-0.1, -0.05) is 48.0 Å². The van der Waals surface area contributed by atoms with Gasteiger partial charge in [-0.15, -0.1) is 0 Å². The standard InChI is InChI=1S/C26H25NO2/c1-16-7-9-19(10-8-16)20-12-17(2)24(18(3)13-20)25-23(28)15-21(26(25)29)14-22-6-4-5-11-27-22/h4-13,21,25H,14-15H2,1-3H3. The molecular formula is C26H25NO2. The van der Waals surface area contributed by atoms with Crippen molar-refractivity contribution in [3.63, 3.8) is 0 Å². The number of nitrogens with zero attached hydrogens (tertiary/aromatic N) is 1. The van der Waals surface area contributed by atoms with E-state index in [0.29, 0.717) is 12.8 Å². The Labute approximate surface area is 171 Å². The Morgan fingerprint density at radius 2 is 1.59 bits per heavy atom. The number of hydrogen-bond donors (Lipinski definition) is 0. The van der Waals surface area contributed by atoms with E-state index in [4.69, 9.17) is 0 Å². The summed E-state index contributed by atoms with van der Waals surface area (Å²) in [5, 5.41) is 0. The molecule has 3 aromatic rings. The Kier molecular flexibility index (Phi) is 5.14. The van der Waals surface area contributed by atoms with Crippen LogP contribution in [0, 0.1) is 26.7 Å². The summed E-state index contributed by atoms with van der Waals surface area (Å²) in [5.74, 6) is -0.853. The molecule has 2 atom stereocenters. The second-order valence-electron chi connectivity index (χ2n) is 8.12. The van der Waals surface area contributed by atoms with Crippen LogP contribution in [0.15, 0.2) is 60.8 Å². The number of carbonyl (C=O) groups is 2. The van der Waals surface area contributed by atoms with Gasteiger partial charge in [0.05, 0.1) is 0 Å². The summed E-state index contributed by atoms with van der Waals surface area (Å²) in [5.41, 5.74) is 7.25. The Bertz CT molecular complexity index is 1040. The van der Waals surface area contributed by atoms with E-state index in [-0.39, 0.29) is 17.5 Å². The average Bonchev–Trinajstić information content (AvgIpc) is 2.96. The molecule has 0 N–H and O–H groups in total. The third-order valence-electron chi connectivity index (χ3n) is 5.91. The number of aryl methyl sites for hydroxylation is 3. The van der Waals surface area contributed by atoms with Crippen molar-refractivity contribution >= 4 is 11.6 Å². The normalized spacial score (nSPS) is 19.0. The first-order valence-electron chi connectivity index (χ1n) is 10.1. The maximum atomic E-state index is 13.2. The predicted octanol–water partition coefficient (Wildman–Crippen LogP) is 5.16. The van der Waals surface area contributed by atoms with Crippen LogP contribution in [-0.4, -0.2) is 16.6 Å². The summed E-state index contributed by atoms with van der Waals surface area (Å²) in [6, 6.07) is 18.3. The summed E-state index contributed by atoms with van der Waals surface area (Å²) < 4.78 is 0. The van der Waals surface area contributed by atoms with Crippen LogP contribution in [0.3, 0.4) is 0 Å². The van der Waals surface area contributed by atoms with Crippen LogP contribution in [0.4, 0.5) is 0 Å². The van der Waals surface area contributed by atoms with Crippen LogP contribution in [-0.2, 0) is 16.0 Å². The van der Waals surface area contributed by atoms with Gasteiger partial charge in [0.2, 0.25) is 0 Å². The molecule has 1 saturated carbocycles. The Morgan fingerprint density at radius 1 is 0.897 bits per heavy atom. The summed E-state index contributed by atoms with van der Waals surface area (Å²) in [6.45, 7) is 6.08. The van der Waals surface area contributed by atoms with Gasteiger partial charge in [0.1, 0.15) is 11.7 Å². The molecule has 29 heavy (non-hydrogen) atoms. The topological polar surface area (TPSA) is 47.0 Å². The summed E-state index contributed by atoms with van der Waals surface area (Å²) in [6.07, 6.45) is 2.56. The molecule has 2 aromatic carbocycles. The first-order chi connectivity index (χ1) is 13.9. The molecule has 146 valence electrons. The highest BCUT2D eigenvalue weighted by Gasteiger charge is 2.43. The lowest BCUT2D eigenvalue weighted by molar-refractivity contribution is -0.124. The molecule has 0 amide bonds.